The molecule has 0 heterocycles. The van der Waals surface area contributed by atoms with E-state index in [4.69, 9.17) is 27.9 Å². The Hall–Kier alpha value is -5.26. The Balaban J connectivity index is 1.45. The summed E-state index contributed by atoms with van der Waals surface area (Å²) in [4.78, 5) is 49.7. The van der Waals surface area contributed by atoms with Crippen molar-refractivity contribution in [1.29, 1.82) is 0 Å². The number of anilines is 2. The Morgan fingerprint density at radius 1 is 0.660 bits per heavy atom. The minimum atomic E-state index is -1.38. The molecular formula is C34H30Cl2N6O5. The zero-order chi connectivity index (χ0) is 33.9. The van der Waals surface area contributed by atoms with Crippen LogP contribution in [0.1, 0.15) is 20.8 Å². The molecular weight excluding hydrogens is 643 g/mol. The molecule has 4 aromatic carbocycles. The minimum absolute atomic E-state index is 0.217. The van der Waals surface area contributed by atoms with Crippen molar-refractivity contribution >= 4 is 69.3 Å². The van der Waals surface area contributed by atoms with Gasteiger partial charge in [-0.1, -0.05) is 53.5 Å². The van der Waals surface area contributed by atoms with Crippen LogP contribution in [0.3, 0.4) is 0 Å². The monoisotopic (exact) mass is 672 g/mol. The highest BCUT2D eigenvalue weighted by Gasteiger charge is 2.24. The van der Waals surface area contributed by atoms with E-state index in [9.17, 15) is 19.2 Å². The van der Waals surface area contributed by atoms with Crippen LogP contribution >= 0.6 is 23.2 Å². The first-order valence-corrected chi connectivity index (χ1v) is 15.1. The second-order valence-electron chi connectivity index (χ2n) is 10.1. The summed E-state index contributed by atoms with van der Waals surface area (Å²) in [6, 6.07) is 22.6. The van der Waals surface area contributed by atoms with Gasteiger partial charge in [0.1, 0.15) is 17.1 Å². The second-order valence-corrected chi connectivity index (χ2v) is 10.9. The highest BCUT2D eigenvalue weighted by Crippen LogP contribution is 2.35. The van der Waals surface area contributed by atoms with Gasteiger partial charge in [-0.05, 0) is 92.6 Å². The molecule has 11 nitrogen and oxygen atoms in total. The molecule has 2 amide bonds. The Kier molecular flexibility index (Phi) is 12.0. The van der Waals surface area contributed by atoms with Gasteiger partial charge >= 0.3 is 0 Å². The average Bonchev–Trinajstić information content (AvgIpc) is 3.03. The fourth-order valence-corrected chi connectivity index (χ4v) is 4.59. The van der Waals surface area contributed by atoms with Gasteiger partial charge in [0.05, 0.1) is 16.7 Å². The van der Waals surface area contributed by atoms with Crippen LogP contribution in [0.4, 0.5) is 22.7 Å². The third-order valence-electron chi connectivity index (χ3n) is 6.53. The van der Waals surface area contributed by atoms with Crippen molar-refractivity contribution in [2.45, 2.75) is 32.9 Å². The van der Waals surface area contributed by atoms with E-state index in [0.717, 1.165) is 0 Å². The lowest BCUT2D eigenvalue weighted by molar-refractivity contribution is -0.127. The molecule has 0 spiro atoms. The molecule has 13 heteroatoms. The first-order chi connectivity index (χ1) is 22.5. The van der Waals surface area contributed by atoms with Gasteiger partial charge < -0.3 is 15.4 Å². The molecule has 0 radical (unpaired) electrons. The SMILES string of the molecule is CCOc1ccc(NC(=O)C(N=Nc2ccc(-c3ccc(N=NC(C(C)=O)C(=O)Nc4ccccc4)c(Cl)c3)cc2Cl)C(C)=O)cc1. The van der Waals surface area contributed by atoms with Crippen LogP contribution in [0.2, 0.25) is 10.0 Å². The van der Waals surface area contributed by atoms with Crippen molar-refractivity contribution in [3.05, 3.63) is 101 Å². The topological polar surface area (TPSA) is 151 Å². The lowest BCUT2D eigenvalue weighted by Gasteiger charge is -2.11. The van der Waals surface area contributed by atoms with Gasteiger partial charge in [-0.3, -0.25) is 19.2 Å². The van der Waals surface area contributed by atoms with E-state index in [1.165, 1.54) is 13.8 Å². The highest BCUT2D eigenvalue weighted by molar-refractivity contribution is 6.34. The number of Topliss-reactive ketones (excluding diaryl/α,β-unsaturated/α-hetero) is 2. The summed E-state index contributed by atoms with van der Waals surface area (Å²) in [5, 5.41) is 21.8. The number of halogens is 2. The summed E-state index contributed by atoms with van der Waals surface area (Å²) in [6.07, 6.45) is 0. The maximum absolute atomic E-state index is 12.8. The molecule has 4 aromatic rings. The standard InChI is InChI=1S/C34H30Cl2N6O5/c1-4-47-26-14-12-25(13-15-26)38-34(46)32(21(3)44)42-40-30-17-11-23(19-28(30)36)22-10-16-29(27(35)18-22)39-41-31(20(2)43)33(45)37-24-8-6-5-7-9-24/h5-19,31-32H,4H2,1-3H3,(H,37,45)(H,38,46). The predicted molar refractivity (Wildman–Crippen MR) is 181 cm³/mol. The average molecular weight is 674 g/mol. The van der Waals surface area contributed by atoms with Crippen LogP contribution in [0.15, 0.2) is 111 Å². The fourth-order valence-electron chi connectivity index (χ4n) is 4.16. The summed E-state index contributed by atoms with van der Waals surface area (Å²) in [6.45, 7) is 4.88. The molecule has 0 saturated carbocycles. The van der Waals surface area contributed by atoms with Crippen molar-refractivity contribution in [3.63, 3.8) is 0 Å². The van der Waals surface area contributed by atoms with Crippen LogP contribution < -0.4 is 15.4 Å². The molecule has 0 aliphatic carbocycles. The quantitative estimate of drug-likeness (QED) is 0.108. The Morgan fingerprint density at radius 2 is 1.11 bits per heavy atom. The molecule has 0 saturated heterocycles. The lowest BCUT2D eigenvalue weighted by Crippen LogP contribution is -2.31. The van der Waals surface area contributed by atoms with Crippen molar-refractivity contribution < 1.29 is 23.9 Å². The van der Waals surface area contributed by atoms with Crippen LogP contribution in [0.25, 0.3) is 11.1 Å². The molecule has 2 N–H and O–H groups in total. The molecule has 0 aromatic heterocycles. The summed E-state index contributed by atoms with van der Waals surface area (Å²) >= 11 is 12.9. The maximum atomic E-state index is 12.8. The van der Waals surface area contributed by atoms with E-state index in [2.05, 4.69) is 31.1 Å². The number of carbonyl (C=O) groups excluding carboxylic acids is 4. The largest absolute Gasteiger partial charge is 0.494 e. The molecule has 0 aliphatic heterocycles. The Labute approximate surface area is 281 Å². The minimum Gasteiger partial charge on any atom is -0.494 e. The summed E-state index contributed by atoms with van der Waals surface area (Å²) in [7, 11) is 0. The van der Waals surface area contributed by atoms with Crippen LogP contribution in [-0.2, 0) is 19.2 Å². The third kappa shape index (κ3) is 9.62. The Bertz CT molecular complexity index is 1830. The number of hydrogen-bond acceptors (Lipinski definition) is 9. The van der Waals surface area contributed by atoms with Crippen molar-refractivity contribution in [3.8, 4) is 16.9 Å². The van der Waals surface area contributed by atoms with E-state index < -0.39 is 35.5 Å². The smallest absolute Gasteiger partial charge is 0.258 e. The van der Waals surface area contributed by atoms with E-state index in [1.54, 1.807) is 91.0 Å². The van der Waals surface area contributed by atoms with Gasteiger partial charge in [-0.15, -0.1) is 0 Å². The number of azo groups is 2. The molecule has 2 atom stereocenters. The number of rotatable bonds is 13. The second kappa shape index (κ2) is 16.3. The number of nitrogens with one attached hydrogen (secondary N) is 2. The highest BCUT2D eigenvalue weighted by atomic mass is 35.5. The van der Waals surface area contributed by atoms with Gasteiger partial charge in [-0.25, -0.2) is 0 Å². The van der Waals surface area contributed by atoms with Crippen molar-refractivity contribution in [2.75, 3.05) is 17.2 Å². The molecule has 240 valence electrons. The number of ether oxygens (including phenoxy) is 1. The van der Waals surface area contributed by atoms with Crippen molar-refractivity contribution in [2.24, 2.45) is 20.5 Å². The zero-order valence-electron chi connectivity index (χ0n) is 25.6. The number of amides is 2. The van der Waals surface area contributed by atoms with Gasteiger partial charge in [0, 0.05) is 11.4 Å². The maximum Gasteiger partial charge on any atom is 0.258 e. The molecule has 0 aliphatic rings. The van der Waals surface area contributed by atoms with Gasteiger partial charge in [0.2, 0.25) is 12.1 Å². The summed E-state index contributed by atoms with van der Waals surface area (Å²) < 4.78 is 5.40. The number of carbonyl (C=O) groups is 4. The molecule has 0 bridgehead atoms. The van der Waals surface area contributed by atoms with E-state index in [1.807, 2.05) is 6.92 Å². The van der Waals surface area contributed by atoms with Crippen LogP contribution in [-0.4, -0.2) is 42.1 Å². The first kappa shape index (κ1) is 34.6. The number of para-hydroxylation sites is 1. The summed E-state index contributed by atoms with van der Waals surface area (Å²) in [5.74, 6) is -1.59. The van der Waals surface area contributed by atoms with E-state index in [-0.39, 0.29) is 21.4 Å². The molecule has 47 heavy (non-hydrogen) atoms. The predicted octanol–water partition coefficient (Wildman–Crippen LogP) is 8.42. The summed E-state index contributed by atoms with van der Waals surface area (Å²) in [5.41, 5.74) is 2.86. The van der Waals surface area contributed by atoms with Crippen LogP contribution in [0.5, 0.6) is 5.75 Å². The normalized spacial score (nSPS) is 12.4. The molecule has 0 fully saturated rings. The molecule has 4 rings (SSSR count). The van der Waals surface area contributed by atoms with Gasteiger partial charge in [-0.2, -0.15) is 20.5 Å². The van der Waals surface area contributed by atoms with Crippen LogP contribution in [0, 0.1) is 0 Å². The Morgan fingerprint density at radius 3 is 1.51 bits per heavy atom. The third-order valence-corrected chi connectivity index (χ3v) is 7.14. The number of ketones is 2. The fraction of sp³-hybridized carbons (Fsp3) is 0.176. The van der Waals surface area contributed by atoms with E-state index in [0.29, 0.717) is 34.9 Å². The first-order valence-electron chi connectivity index (χ1n) is 14.4. The lowest BCUT2D eigenvalue weighted by atomic mass is 10.0. The zero-order valence-corrected chi connectivity index (χ0v) is 27.1. The molecule has 2 unspecified atom stereocenters. The van der Waals surface area contributed by atoms with Gasteiger partial charge in [0.15, 0.2) is 11.6 Å². The van der Waals surface area contributed by atoms with E-state index >= 15 is 0 Å². The van der Waals surface area contributed by atoms with Crippen molar-refractivity contribution in [1.82, 2.24) is 0 Å². The number of nitrogens with zero attached hydrogens (tertiary/aromatic N) is 4. The van der Waals surface area contributed by atoms with Gasteiger partial charge in [0.25, 0.3) is 11.8 Å². The number of benzene rings is 4. The number of hydrogen-bond donors (Lipinski definition) is 2.